The van der Waals surface area contributed by atoms with Crippen LogP contribution in [0.3, 0.4) is 0 Å². The lowest BCUT2D eigenvalue weighted by Gasteiger charge is -2.22. The predicted octanol–water partition coefficient (Wildman–Crippen LogP) is 2.38. The van der Waals surface area contributed by atoms with Crippen LogP contribution in [0.5, 0.6) is 11.5 Å². The zero-order valence-corrected chi connectivity index (χ0v) is 16.2. The topological polar surface area (TPSA) is 94.2 Å². The van der Waals surface area contributed by atoms with Gasteiger partial charge < -0.3 is 19.5 Å². The first-order valence-corrected chi connectivity index (χ1v) is 9.15. The zero-order chi connectivity index (χ0) is 20.8. The van der Waals surface area contributed by atoms with Gasteiger partial charge in [0.2, 0.25) is 5.91 Å². The molecule has 2 aromatic carbocycles. The summed E-state index contributed by atoms with van der Waals surface area (Å²) < 4.78 is 16.0. The van der Waals surface area contributed by atoms with Crippen LogP contribution in [0.2, 0.25) is 0 Å². The Balaban J connectivity index is 1.64. The summed E-state index contributed by atoms with van der Waals surface area (Å²) in [6, 6.07) is 13.9. The van der Waals surface area contributed by atoms with Crippen LogP contribution in [0.1, 0.15) is 13.3 Å². The van der Waals surface area contributed by atoms with E-state index < -0.39 is 18.0 Å². The Morgan fingerprint density at radius 1 is 1.17 bits per heavy atom. The molecule has 1 aliphatic rings. The fourth-order valence-electron chi connectivity index (χ4n) is 2.89. The number of hydrogen-bond donors (Lipinski definition) is 1. The molecule has 0 fully saturated rings. The van der Waals surface area contributed by atoms with E-state index in [1.807, 2.05) is 0 Å². The number of rotatable bonds is 6. The van der Waals surface area contributed by atoms with Gasteiger partial charge in [-0.05, 0) is 31.2 Å². The van der Waals surface area contributed by atoms with Gasteiger partial charge >= 0.3 is 5.97 Å². The van der Waals surface area contributed by atoms with E-state index in [0.717, 1.165) is 0 Å². The summed E-state index contributed by atoms with van der Waals surface area (Å²) >= 11 is 0. The number of nitrogens with zero attached hydrogens (tertiary/aromatic N) is 1. The Morgan fingerprint density at radius 2 is 1.90 bits per heavy atom. The number of benzene rings is 2. The van der Waals surface area contributed by atoms with Gasteiger partial charge in [-0.1, -0.05) is 24.3 Å². The van der Waals surface area contributed by atoms with E-state index in [-0.39, 0.29) is 25.5 Å². The molecule has 1 heterocycles. The van der Waals surface area contributed by atoms with Crippen LogP contribution in [-0.2, 0) is 19.1 Å². The maximum Gasteiger partial charge on any atom is 0.326 e. The van der Waals surface area contributed by atoms with E-state index in [4.69, 9.17) is 14.2 Å². The van der Waals surface area contributed by atoms with Crippen LogP contribution in [0.25, 0.3) is 0 Å². The van der Waals surface area contributed by atoms with E-state index in [9.17, 15) is 14.4 Å². The number of anilines is 2. The number of fused-ring (bicyclic) bond motifs is 1. The van der Waals surface area contributed by atoms with Gasteiger partial charge in [-0.2, -0.15) is 0 Å². The minimum atomic E-state index is -1.05. The Labute approximate surface area is 168 Å². The van der Waals surface area contributed by atoms with Crippen molar-refractivity contribution in [2.45, 2.75) is 19.4 Å². The second-order valence-corrected chi connectivity index (χ2v) is 6.37. The molecular formula is C21H22N2O6. The molecule has 8 heteroatoms. The molecular weight excluding hydrogens is 376 g/mol. The zero-order valence-electron chi connectivity index (χ0n) is 16.2. The van der Waals surface area contributed by atoms with Gasteiger partial charge in [0.1, 0.15) is 18.0 Å². The first kappa shape index (κ1) is 20.2. The van der Waals surface area contributed by atoms with E-state index in [1.165, 1.54) is 18.9 Å². The highest BCUT2D eigenvalue weighted by Crippen LogP contribution is 2.31. The van der Waals surface area contributed by atoms with Crippen molar-refractivity contribution >= 4 is 29.2 Å². The van der Waals surface area contributed by atoms with E-state index >= 15 is 0 Å². The molecule has 1 N–H and O–H groups in total. The standard InChI is InChI=1S/C21H22N2O6/c1-14(21(26)22-15-7-3-5-9-17(15)27-2)29-20(25)13-23-16-8-4-6-10-18(16)28-12-11-19(23)24/h3-10,14H,11-13H2,1-2H3,(H,22,26)/t14-/m1/s1. The summed E-state index contributed by atoms with van der Waals surface area (Å²) in [5.41, 5.74) is 0.967. The average molecular weight is 398 g/mol. The third kappa shape index (κ3) is 4.84. The summed E-state index contributed by atoms with van der Waals surface area (Å²) in [7, 11) is 1.49. The second-order valence-electron chi connectivity index (χ2n) is 6.37. The van der Waals surface area contributed by atoms with Gasteiger partial charge in [-0.3, -0.25) is 19.3 Å². The summed E-state index contributed by atoms with van der Waals surface area (Å²) in [4.78, 5) is 38.5. The van der Waals surface area contributed by atoms with E-state index in [0.29, 0.717) is 22.9 Å². The van der Waals surface area contributed by atoms with Crippen molar-refractivity contribution in [3.8, 4) is 11.5 Å². The van der Waals surface area contributed by atoms with Crippen molar-refractivity contribution in [2.24, 2.45) is 0 Å². The van der Waals surface area contributed by atoms with Crippen molar-refractivity contribution in [1.82, 2.24) is 0 Å². The molecule has 3 rings (SSSR count). The normalized spacial score (nSPS) is 14.1. The van der Waals surface area contributed by atoms with Gasteiger partial charge in [-0.15, -0.1) is 0 Å². The molecule has 0 aliphatic carbocycles. The molecule has 1 aliphatic heterocycles. The number of ether oxygens (including phenoxy) is 3. The van der Waals surface area contributed by atoms with Crippen molar-refractivity contribution < 1.29 is 28.6 Å². The molecule has 8 nitrogen and oxygen atoms in total. The van der Waals surface area contributed by atoms with Crippen molar-refractivity contribution in [1.29, 1.82) is 0 Å². The molecule has 0 aromatic heterocycles. The van der Waals surface area contributed by atoms with Gasteiger partial charge in [0.25, 0.3) is 5.91 Å². The first-order chi connectivity index (χ1) is 14.0. The first-order valence-electron chi connectivity index (χ1n) is 9.15. The number of methoxy groups -OCH3 is 1. The summed E-state index contributed by atoms with van der Waals surface area (Å²) in [5, 5.41) is 2.66. The third-order valence-corrected chi connectivity index (χ3v) is 4.36. The number of carbonyl (C=O) groups excluding carboxylic acids is 3. The van der Waals surface area contributed by atoms with Crippen LogP contribution < -0.4 is 19.7 Å². The number of amides is 2. The lowest BCUT2D eigenvalue weighted by atomic mass is 10.2. The highest BCUT2D eigenvalue weighted by molar-refractivity contribution is 6.00. The number of nitrogens with one attached hydrogen (secondary N) is 1. The van der Waals surface area contributed by atoms with Crippen molar-refractivity contribution in [3.05, 3.63) is 48.5 Å². The van der Waals surface area contributed by atoms with Gasteiger partial charge in [0, 0.05) is 0 Å². The van der Waals surface area contributed by atoms with Crippen LogP contribution in [0.4, 0.5) is 11.4 Å². The van der Waals surface area contributed by atoms with Crippen LogP contribution in [-0.4, -0.2) is 44.1 Å². The highest BCUT2D eigenvalue weighted by Gasteiger charge is 2.27. The van der Waals surface area contributed by atoms with E-state index in [2.05, 4.69) is 5.32 Å². The molecule has 2 amide bonds. The molecule has 0 saturated heterocycles. The number of esters is 1. The predicted molar refractivity (Wildman–Crippen MR) is 106 cm³/mol. The number of para-hydroxylation sites is 4. The highest BCUT2D eigenvalue weighted by atomic mass is 16.5. The third-order valence-electron chi connectivity index (χ3n) is 4.36. The minimum Gasteiger partial charge on any atom is -0.495 e. The van der Waals surface area contributed by atoms with Crippen LogP contribution >= 0.6 is 0 Å². The average Bonchev–Trinajstić information content (AvgIpc) is 2.87. The molecule has 0 bridgehead atoms. The number of hydrogen-bond acceptors (Lipinski definition) is 6. The Hall–Kier alpha value is -3.55. The van der Waals surface area contributed by atoms with Gasteiger partial charge in [0.05, 0.1) is 31.5 Å². The Morgan fingerprint density at radius 3 is 2.69 bits per heavy atom. The molecule has 29 heavy (non-hydrogen) atoms. The fraction of sp³-hybridized carbons (Fsp3) is 0.286. The maximum atomic E-state index is 12.4. The quantitative estimate of drug-likeness (QED) is 0.751. The van der Waals surface area contributed by atoms with E-state index in [1.54, 1.807) is 48.5 Å². The molecule has 0 unspecified atom stereocenters. The molecule has 1 atom stereocenters. The Kier molecular flexibility index (Phi) is 6.33. The molecule has 152 valence electrons. The summed E-state index contributed by atoms with van der Waals surface area (Å²) in [5.74, 6) is -0.441. The summed E-state index contributed by atoms with van der Waals surface area (Å²) in [6.07, 6.45) is -0.910. The van der Waals surface area contributed by atoms with Gasteiger partial charge in [0.15, 0.2) is 6.10 Å². The van der Waals surface area contributed by atoms with Crippen molar-refractivity contribution in [2.75, 3.05) is 30.5 Å². The molecule has 2 aromatic rings. The monoisotopic (exact) mass is 398 g/mol. The smallest absolute Gasteiger partial charge is 0.326 e. The number of carbonyl (C=O) groups is 3. The van der Waals surface area contributed by atoms with Crippen LogP contribution in [0, 0.1) is 0 Å². The largest absolute Gasteiger partial charge is 0.495 e. The Bertz CT molecular complexity index is 914. The van der Waals surface area contributed by atoms with Crippen molar-refractivity contribution in [3.63, 3.8) is 0 Å². The SMILES string of the molecule is COc1ccccc1NC(=O)[C@@H](C)OC(=O)CN1C(=O)CCOc2ccccc21. The molecule has 0 radical (unpaired) electrons. The fourth-order valence-corrected chi connectivity index (χ4v) is 2.89. The van der Waals surface area contributed by atoms with Gasteiger partial charge in [-0.25, -0.2) is 0 Å². The maximum absolute atomic E-state index is 12.4. The molecule has 0 saturated carbocycles. The second kappa shape index (κ2) is 9.09. The lowest BCUT2D eigenvalue weighted by Crippen LogP contribution is -2.39. The minimum absolute atomic E-state index is 0.145. The summed E-state index contributed by atoms with van der Waals surface area (Å²) in [6.45, 7) is 1.38. The lowest BCUT2D eigenvalue weighted by molar-refractivity contribution is -0.152. The van der Waals surface area contributed by atoms with Crippen LogP contribution in [0.15, 0.2) is 48.5 Å². The molecule has 0 spiro atoms.